The summed E-state index contributed by atoms with van der Waals surface area (Å²) < 4.78 is 2.75. The number of hydrogen-bond donors (Lipinski definition) is 6. The van der Waals surface area contributed by atoms with Gasteiger partial charge in [-0.15, -0.1) is 0 Å². The van der Waals surface area contributed by atoms with Crippen LogP contribution < -0.4 is 16.8 Å². The number of hydrogen-bond acceptors (Lipinski definition) is 10. The highest BCUT2D eigenvalue weighted by atomic mass is 16.3. The van der Waals surface area contributed by atoms with Gasteiger partial charge in [-0.25, -0.2) is 14.4 Å². The van der Waals surface area contributed by atoms with E-state index in [0.717, 1.165) is 6.08 Å². The Morgan fingerprint density at radius 1 is 1.04 bits per heavy atom. The molecule has 12 nitrogen and oxygen atoms in total. The van der Waals surface area contributed by atoms with E-state index in [1.807, 2.05) is 0 Å². The lowest BCUT2D eigenvalue weighted by atomic mass is 10.1. The number of aromatic nitrogens is 4. The largest absolute Gasteiger partial charge is 0.506 e. The van der Waals surface area contributed by atoms with Gasteiger partial charge in [0.05, 0.1) is 44.4 Å². The van der Waals surface area contributed by atoms with Crippen LogP contribution >= 0.6 is 0 Å². The van der Waals surface area contributed by atoms with Gasteiger partial charge in [0.2, 0.25) is 5.78 Å². The number of carbonyl (C=O) groups is 1. The Bertz CT molecular complexity index is 985. The summed E-state index contributed by atoms with van der Waals surface area (Å²) in [6.07, 6.45) is 5.18. The molecule has 2 aromatic rings. The van der Waals surface area contributed by atoms with E-state index in [4.69, 9.17) is 21.7 Å². The first-order valence-electron chi connectivity index (χ1n) is 8.31. The zero-order valence-corrected chi connectivity index (χ0v) is 14.8. The fraction of sp³-hybridized carbons (Fsp3) is 0.250. The molecular formula is C16H20N8O4. The van der Waals surface area contributed by atoms with Gasteiger partial charge in [-0.2, -0.15) is 10.2 Å². The predicted molar refractivity (Wildman–Crippen MR) is 102 cm³/mol. The fourth-order valence-electron chi connectivity index (χ4n) is 2.53. The molecule has 0 saturated carbocycles. The smallest absolute Gasteiger partial charge is 0.205 e. The van der Waals surface area contributed by atoms with Crippen molar-refractivity contribution in [1.29, 1.82) is 0 Å². The maximum Gasteiger partial charge on any atom is 0.205 e. The number of nitrogen functional groups attached to an aromatic ring is 2. The van der Waals surface area contributed by atoms with Crippen molar-refractivity contribution in [1.82, 2.24) is 19.6 Å². The summed E-state index contributed by atoms with van der Waals surface area (Å²) in [7, 11) is 0. The average molecular weight is 388 g/mol. The Morgan fingerprint density at radius 2 is 1.68 bits per heavy atom. The van der Waals surface area contributed by atoms with Crippen LogP contribution in [0.5, 0.6) is 0 Å². The quantitative estimate of drug-likeness (QED) is 0.334. The molecule has 0 aliphatic heterocycles. The van der Waals surface area contributed by atoms with E-state index < -0.39 is 5.78 Å². The minimum Gasteiger partial charge on any atom is -0.506 e. The molecule has 0 amide bonds. The molecule has 148 valence electrons. The van der Waals surface area contributed by atoms with Gasteiger partial charge >= 0.3 is 0 Å². The number of nitrogens with two attached hydrogens (primary N) is 2. The van der Waals surface area contributed by atoms with Gasteiger partial charge in [0.25, 0.3) is 0 Å². The lowest BCUT2D eigenvalue weighted by Gasteiger charge is -2.13. The number of aliphatic hydroxyl groups is 3. The third kappa shape index (κ3) is 3.72. The van der Waals surface area contributed by atoms with Crippen LogP contribution in [0.4, 0.5) is 23.0 Å². The number of nitrogens with one attached hydrogen (secondary N) is 1. The number of rotatable bonds is 7. The van der Waals surface area contributed by atoms with Gasteiger partial charge in [-0.3, -0.25) is 4.79 Å². The maximum atomic E-state index is 12.2. The Hall–Kier alpha value is -3.64. The van der Waals surface area contributed by atoms with E-state index in [-0.39, 0.29) is 60.8 Å². The molecule has 2 heterocycles. The van der Waals surface area contributed by atoms with Crippen LogP contribution in [0, 0.1) is 0 Å². The van der Waals surface area contributed by atoms with Gasteiger partial charge in [0.15, 0.2) is 0 Å². The van der Waals surface area contributed by atoms with Gasteiger partial charge in [-0.05, 0) is 6.08 Å². The van der Waals surface area contributed by atoms with Crippen LogP contribution in [-0.2, 0) is 17.9 Å². The van der Waals surface area contributed by atoms with E-state index in [2.05, 4.69) is 20.5 Å². The third-order valence-corrected chi connectivity index (χ3v) is 3.95. The van der Waals surface area contributed by atoms with Crippen molar-refractivity contribution in [3.8, 4) is 0 Å². The summed E-state index contributed by atoms with van der Waals surface area (Å²) in [4.78, 5) is 16.4. The monoisotopic (exact) mass is 388 g/mol. The lowest BCUT2D eigenvalue weighted by Crippen LogP contribution is -2.19. The fourth-order valence-corrected chi connectivity index (χ4v) is 2.53. The molecule has 8 N–H and O–H groups in total. The van der Waals surface area contributed by atoms with Crippen LogP contribution in [0.25, 0.3) is 0 Å². The molecule has 0 atom stereocenters. The van der Waals surface area contributed by atoms with Crippen molar-refractivity contribution < 1.29 is 20.1 Å². The highest BCUT2D eigenvalue weighted by Crippen LogP contribution is 2.25. The van der Waals surface area contributed by atoms with Crippen molar-refractivity contribution >= 4 is 34.5 Å². The Labute approximate surface area is 159 Å². The topological polar surface area (TPSA) is 190 Å². The molecule has 0 spiro atoms. The number of aliphatic hydroxyl groups excluding tert-OH is 3. The molecule has 1 aliphatic carbocycles. The van der Waals surface area contributed by atoms with Gasteiger partial charge in [-0.1, -0.05) is 0 Å². The molecular weight excluding hydrogens is 368 g/mol. The van der Waals surface area contributed by atoms with Crippen LogP contribution in [0.1, 0.15) is 0 Å². The molecule has 0 bridgehead atoms. The van der Waals surface area contributed by atoms with Gasteiger partial charge < -0.3 is 32.1 Å². The highest BCUT2D eigenvalue weighted by Gasteiger charge is 2.21. The molecule has 0 radical (unpaired) electrons. The summed E-state index contributed by atoms with van der Waals surface area (Å²) in [6.45, 7) is 0.147. The van der Waals surface area contributed by atoms with Crippen molar-refractivity contribution in [3.05, 3.63) is 36.0 Å². The first-order chi connectivity index (χ1) is 13.4. The summed E-state index contributed by atoms with van der Waals surface area (Å²) >= 11 is 0. The van der Waals surface area contributed by atoms with E-state index in [1.165, 1.54) is 27.8 Å². The number of allylic oxidation sites excluding steroid dienone is 2. The minimum absolute atomic E-state index is 0.0960. The van der Waals surface area contributed by atoms with Crippen molar-refractivity contribution in [2.45, 2.75) is 13.1 Å². The van der Waals surface area contributed by atoms with Crippen molar-refractivity contribution in [2.75, 3.05) is 30.0 Å². The zero-order valence-electron chi connectivity index (χ0n) is 14.8. The van der Waals surface area contributed by atoms with Gasteiger partial charge in [0, 0.05) is 6.08 Å². The number of ketones is 1. The first-order valence-corrected chi connectivity index (χ1v) is 8.31. The molecule has 2 aromatic heterocycles. The second-order valence-corrected chi connectivity index (χ2v) is 5.83. The Balaban J connectivity index is 1.89. The molecule has 0 unspecified atom stereocenters. The lowest BCUT2D eigenvalue weighted by molar-refractivity contribution is -0.111. The van der Waals surface area contributed by atoms with E-state index in [1.54, 1.807) is 0 Å². The molecule has 1 aliphatic rings. The van der Waals surface area contributed by atoms with Crippen molar-refractivity contribution in [2.24, 2.45) is 4.99 Å². The molecule has 0 saturated heterocycles. The second kappa shape index (κ2) is 7.94. The first kappa shape index (κ1) is 19.1. The Morgan fingerprint density at radius 3 is 2.36 bits per heavy atom. The maximum absolute atomic E-state index is 12.2. The number of anilines is 3. The Kier molecular flexibility index (Phi) is 5.42. The number of carbonyl (C=O) groups excluding carboxylic acids is 1. The third-order valence-electron chi connectivity index (χ3n) is 3.95. The molecule has 3 rings (SSSR count). The van der Waals surface area contributed by atoms with E-state index >= 15 is 0 Å². The van der Waals surface area contributed by atoms with Crippen LogP contribution in [0.3, 0.4) is 0 Å². The van der Waals surface area contributed by atoms with Gasteiger partial charge in [0.1, 0.15) is 34.5 Å². The predicted octanol–water partition coefficient (Wildman–Crippen LogP) is -0.678. The summed E-state index contributed by atoms with van der Waals surface area (Å²) in [6, 6.07) is 0. The van der Waals surface area contributed by atoms with Crippen LogP contribution in [0.15, 0.2) is 41.0 Å². The molecule has 0 aromatic carbocycles. The summed E-state index contributed by atoms with van der Waals surface area (Å²) in [5.41, 5.74) is 12.7. The minimum atomic E-state index is -0.477. The highest BCUT2D eigenvalue weighted by molar-refractivity contribution is 6.22. The second-order valence-electron chi connectivity index (χ2n) is 5.83. The SMILES string of the molecule is Nc1c(/N=C2/C=C(Nc3cnn(CCO)c3N)C(=O)C=C2O)cnn1CCO. The van der Waals surface area contributed by atoms with Crippen LogP contribution in [0.2, 0.25) is 0 Å². The van der Waals surface area contributed by atoms with E-state index in [0.29, 0.717) is 5.69 Å². The standard InChI is InChI=1S/C16H20N8O4/c17-15-11(7-19-23(15)1-3-25)21-9-5-10(14(28)6-13(9)27)22-12-8-20-24(2-4-26)16(12)18/h5-8,21,25-26,28H,1-4,17-18H2/b22-10-. The summed E-state index contributed by atoms with van der Waals surface area (Å²) in [5, 5.41) is 38.9. The molecule has 12 heteroatoms. The van der Waals surface area contributed by atoms with Crippen molar-refractivity contribution in [3.63, 3.8) is 0 Å². The van der Waals surface area contributed by atoms with Crippen LogP contribution in [-0.4, -0.2) is 59.6 Å². The molecule has 0 fully saturated rings. The normalized spacial score (nSPS) is 15.6. The zero-order chi connectivity index (χ0) is 20.3. The molecule has 28 heavy (non-hydrogen) atoms. The van der Waals surface area contributed by atoms with E-state index in [9.17, 15) is 9.90 Å². The number of nitrogens with zero attached hydrogens (tertiary/aromatic N) is 5. The summed E-state index contributed by atoms with van der Waals surface area (Å²) in [5.74, 6) is -0.346. The average Bonchev–Trinajstić information content (AvgIpc) is 3.17. The number of aliphatic imine (C=N–C) groups is 1.